The summed E-state index contributed by atoms with van der Waals surface area (Å²) in [5, 5.41) is 41.1. The third kappa shape index (κ3) is 8.26. The molecule has 8 aromatic rings. The van der Waals surface area contributed by atoms with Crippen LogP contribution in [-0.4, -0.2) is 40.4 Å². The molecule has 4 heterocycles. The number of benzene rings is 4. The van der Waals surface area contributed by atoms with Crippen LogP contribution in [0.4, 0.5) is 0 Å². The Hall–Kier alpha value is -5.63. The van der Waals surface area contributed by atoms with Crippen molar-refractivity contribution in [1.82, 2.24) is 19.9 Å². The molecular formula is C36H28N4O4Tc. The number of aromatic nitrogens is 4. The van der Waals surface area contributed by atoms with Crippen LogP contribution in [0, 0.1) is 0 Å². The van der Waals surface area contributed by atoms with Gasteiger partial charge < -0.3 is 20.4 Å². The molecule has 4 N–H and O–H groups in total. The normalized spacial score (nSPS) is 9.96. The molecule has 223 valence electrons. The van der Waals surface area contributed by atoms with Crippen molar-refractivity contribution < 1.29 is 40.5 Å². The Balaban J connectivity index is 0.000000136. The summed E-state index contributed by atoms with van der Waals surface area (Å²) in [6.07, 6.45) is 6.67. The van der Waals surface area contributed by atoms with Gasteiger partial charge in [0.05, 0.1) is 0 Å². The molecule has 9 heteroatoms. The molecule has 1 radical (unpaired) electrons. The molecule has 0 bridgehead atoms. The number of pyridine rings is 4. The summed E-state index contributed by atoms with van der Waals surface area (Å²) in [7, 11) is 0. The van der Waals surface area contributed by atoms with Crippen LogP contribution < -0.4 is 0 Å². The molecule has 0 aliphatic carbocycles. The van der Waals surface area contributed by atoms with Crippen LogP contribution in [0.3, 0.4) is 0 Å². The van der Waals surface area contributed by atoms with E-state index in [-0.39, 0.29) is 43.1 Å². The van der Waals surface area contributed by atoms with Crippen molar-refractivity contribution in [2.45, 2.75) is 0 Å². The number of phenolic OH excluding ortho intramolecular Hbond substituents is 4. The van der Waals surface area contributed by atoms with E-state index >= 15 is 0 Å². The van der Waals surface area contributed by atoms with E-state index in [2.05, 4.69) is 19.9 Å². The maximum atomic E-state index is 9.31. The van der Waals surface area contributed by atoms with Crippen LogP contribution in [0.15, 0.2) is 146 Å². The second-order valence-electron chi connectivity index (χ2n) is 9.41. The Morgan fingerprint density at radius 3 is 0.689 bits per heavy atom. The first-order valence-corrected chi connectivity index (χ1v) is 13.6. The third-order valence-corrected chi connectivity index (χ3v) is 6.45. The number of aromatic hydroxyl groups is 4. The van der Waals surface area contributed by atoms with Crippen LogP contribution in [0.5, 0.6) is 23.0 Å². The second-order valence-corrected chi connectivity index (χ2v) is 9.41. The van der Waals surface area contributed by atoms with Gasteiger partial charge in [-0.05, 0) is 48.5 Å². The predicted octanol–water partition coefficient (Wildman–Crippen LogP) is 7.76. The number of hydrogen-bond acceptors (Lipinski definition) is 8. The molecule has 8 rings (SSSR count). The zero-order valence-corrected chi connectivity index (χ0v) is 25.7. The number of phenols is 4. The largest absolute Gasteiger partial charge is 0.506 e. The van der Waals surface area contributed by atoms with Gasteiger partial charge in [-0.3, -0.25) is 19.9 Å². The minimum Gasteiger partial charge on any atom is -0.506 e. The fraction of sp³-hybridized carbons (Fsp3) is 0. The van der Waals surface area contributed by atoms with E-state index in [1.165, 1.54) is 0 Å². The Bertz CT molecular complexity index is 1830. The average molecular weight is 679 g/mol. The van der Waals surface area contributed by atoms with Crippen LogP contribution in [0.1, 0.15) is 0 Å². The van der Waals surface area contributed by atoms with E-state index in [0.717, 1.165) is 21.5 Å². The van der Waals surface area contributed by atoms with E-state index in [4.69, 9.17) is 0 Å². The van der Waals surface area contributed by atoms with E-state index in [0.29, 0.717) is 22.1 Å². The van der Waals surface area contributed by atoms with Crippen molar-refractivity contribution in [1.29, 1.82) is 0 Å². The van der Waals surface area contributed by atoms with Crippen LogP contribution in [-0.2, 0) is 20.1 Å². The first-order chi connectivity index (χ1) is 21.5. The molecule has 0 atom stereocenters. The van der Waals surface area contributed by atoms with E-state index in [1.807, 2.05) is 72.8 Å². The summed E-state index contributed by atoms with van der Waals surface area (Å²) in [6, 6.07) is 36.5. The number of para-hydroxylation sites is 4. The molecule has 0 aliphatic rings. The number of fused-ring (bicyclic) bond motifs is 4. The summed E-state index contributed by atoms with van der Waals surface area (Å²) in [5.74, 6) is 0.956. The molecule has 0 aliphatic heterocycles. The van der Waals surface area contributed by atoms with E-state index < -0.39 is 0 Å². The summed E-state index contributed by atoms with van der Waals surface area (Å²) >= 11 is 0. The van der Waals surface area contributed by atoms with E-state index in [9.17, 15) is 20.4 Å². The van der Waals surface area contributed by atoms with Gasteiger partial charge in [0, 0.05) is 66.4 Å². The molecule has 45 heavy (non-hydrogen) atoms. The fourth-order valence-corrected chi connectivity index (χ4v) is 4.35. The molecule has 0 saturated heterocycles. The number of nitrogens with zero attached hydrogens (tertiary/aromatic N) is 4. The summed E-state index contributed by atoms with van der Waals surface area (Å²) in [6.45, 7) is 0. The van der Waals surface area contributed by atoms with Crippen molar-refractivity contribution in [2.75, 3.05) is 0 Å². The standard InChI is InChI=1S/4C9H7NO.Tc/c4*11-8-5-1-3-7-4-2-6-10-9(7)8;/h4*1-6,11H;. The topological polar surface area (TPSA) is 132 Å². The van der Waals surface area contributed by atoms with Crippen LogP contribution in [0.2, 0.25) is 0 Å². The second kappa shape index (κ2) is 15.7. The Morgan fingerprint density at radius 1 is 0.289 bits per heavy atom. The van der Waals surface area contributed by atoms with E-state index in [1.54, 1.807) is 73.3 Å². The predicted molar refractivity (Wildman–Crippen MR) is 174 cm³/mol. The molecule has 4 aromatic carbocycles. The zero-order valence-electron chi connectivity index (χ0n) is 23.8. The van der Waals surface area contributed by atoms with Gasteiger partial charge in [0.15, 0.2) is 0 Å². The minimum atomic E-state index is 0. The summed E-state index contributed by atoms with van der Waals surface area (Å²) in [4.78, 5) is 16.1. The van der Waals surface area contributed by atoms with Gasteiger partial charge in [-0.2, -0.15) is 0 Å². The van der Waals surface area contributed by atoms with Gasteiger partial charge in [-0.25, -0.2) is 0 Å². The zero-order chi connectivity index (χ0) is 30.7. The molecule has 0 spiro atoms. The fourth-order valence-electron chi connectivity index (χ4n) is 4.35. The first kappa shape index (κ1) is 32.3. The van der Waals surface area contributed by atoms with Gasteiger partial charge >= 0.3 is 0 Å². The van der Waals surface area contributed by atoms with Crippen LogP contribution in [0.25, 0.3) is 43.6 Å². The molecule has 8 nitrogen and oxygen atoms in total. The van der Waals surface area contributed by atoms with Crippen molar-refractivity contribution in [3.05, 3.63) is 146 Å². The molecular weight excluding hydrogens is 650 g/mol. The molecule has 0 amide bonds. The van der Waals surface area contributed by atoms with Gasteiger partial charge in [0.1, 0.15) is 45.1 Å². The quantitative estimate of drug-likeness (QED) is 0.128. The van der Waals surface area contributed by atoms with Gasteiger partial charge in [0.2, 0.25) is 0 Å². The Kier molecular flexibility index (Phi) is 11.3. The Labute approximate surface area is 272 Å². The van der Waals surface area contributed by atoms with Crippen molar-refractivity contribution in [3.8, 4) is 23.0 Å². The maximum absolute atomic E-state index is 9.31. The molecule has 0 fully saturated rings. The SMILES string of the molecule is Oc1cccc2cccnc12.Oc1cccc2cccnc12.Oc1cccc2cccnc12.Oc1cccc2cccnc12.[Tc]. The van der Waals surface area contributed by atoms with Crippen molar-refractivity contribution >= 4 is 43.6 Å². The number of hydrogen-bond donors (Lipinski definition) is 4. The maximum Gasteiger partial charge on any atom is 0.141 e. The van der Waals surface area contributed by atoms with Crippen molar-refractivity contribution in [3.63, 3.8) is 0 Å². The minimum absolute atomic E-state index is 0. The first-order valence-electron chi connectivity index (χ1n) is 13.6. The third-order valence-electron chi connectivity index (χ3n) is 6.45. The van der Waals surface area contributed by atoms with Crippen molar-refractivity contribution in [2.24, 2.45) is 0 Å². The molecule has 0 unspecified atom stereocenters. The van der Waals surface area contributed by atoms with Crippen LogP contribution >= 0.6 is 0 Å². The monoisotopic (exact) mass is 677 g/mol. The van der Waals surface area contributed by atoms with Gasteiger partial charge in [-0.15, -0.1) is 0 Å². The summed E-state index contributed by atoms with van der Waals surface area (Å²) in [5.41, 5.74) is 2.65. The average Bonchev–Trinajstić information content (AvgIpc) is 3.07. The smallest absolute Gasteiger partial charge is 0.141 e. The number of rotatable bonds is 0. The van der Waals surface area contributed by atoms with Gasteiger partial charge in [-0.1, -0.05) is 72.8 Å². The molecule has 4 aromatic heterocycles. The van der Waals surface area contributed by atoms with Gasteiger partial charge in [0.25, 0.3) is 0 Å². The molecule has 0 saturated carbocycles. The Morgan fingerprint density at radius 2 is 0.489 bits per heavy atom. The summed E-state index contributed by atoms with van der Waals surface area (Å²) < 4.78 is 0.